The Labute approximate surface area is 90.4 Å². The van der Waals surface area contributed by atoms with E-state index in [1.807, 2.05) is 0 Å². The summed E-state index contributed by atoms with van der Waals surface area (Å²) in [4.78, 5) is 13.1. The van der Waals surface area contributed by atoms with Crippen LogP contribution in [0.25, 0.3) is 0 Å². The van der Waals surface area contributed by atoms with Gasteiger partial charge >= 0.3 is 6.09 Å². The fourth-order valence-corrected chi connectivity index (χ4v) is 1.87. The molecule has 1 amide bonds. The average Bonchev–Trinajstić information content (AvgIpc) is 2.49. The Bertz CT molecular complexity index is 225. The molecule has 0 aromatic carbocycles. The van der Waals surface area contributed by atoms with E-state index in [2.05, 4.69) is 15.0 Å². The number of rotatable bonds is 3. The highest BCUT2D eigenvalue weighted by Crippen LogP contribution is 2.13. The summed E-state index contributed by atoms with van der Waals surface area (Å²) in [5, 5.41) is 12.4. The second-order valence-electron chi connectivity index (χ2n) is 4.67. The zero-order valence-corrected chi connectivity index (χ0v) is 9.62. The van der Waals surface area contributed by atoms with Crippen molar-refractivity contribution >= 4 is 6.09 Å². The number of hydrogen-bond acceptors (Lipinski definition) is 4. The molecule has 0 saturated carbocycles. The second kappa shape index (κ2) is 4.81. The van der Waals surface area contributed by atoms with E-state index in [0.29, 0.717) is 6.54 Å². The molecule has 0 bridgehead atoms. The molecule has 88 valence electrons. The van der Waals surface area contributed by atoms with Crippen LogP contribution >= 0.6 is 0 Å². The maximum absolute atomic E-state index is 11.0. The number of amides is 1. The number of β-amino-alcohol motifs (C(OH)–C–C–N with tert-alkyl or cyclic N) is 1. The van der Waals surface area contributed by atoms with Gasteiger partial charge in [-0.3, -0.25) is 4.90 Å². The first kappa shape index (κ1) is 12.3. The number of aliphatic hydroxyl groups is 1. The quantitative estimate of drug-likeness (QED) is 0.707. The van der Waals surface area contributed by atoms with Crippen LogP contribution < -0.4 is 5.32 Å². The lowest BCUT2D eigenvalue weighted by Gasteiger charge is -2.25. The van der Waals surface area contributed by atoms with Gasteiger partial charge in [0, 0.05) is 25.7 Å². The number of ether oxygens (including phenoxy) is 1. The molecule has 1 fully saturated rings. The van der Waals surface area contributed by atoms with E-state index in [9.17, 15) is 9.90 Å². The third-order valence-electron chi connectivity index (χ3n) is 2.39. The van der Waals surface area contributed by atoms with Gasteiger partial charge in [-0.1, -0.05) is 0 Å². The van der Waals surface area contributed by atoms with E-state index >= 15 is 0 Å². The molecule has 1 atom stereocenters. The van der Waals surface area contributed by atoms with Gasteiger partial charge in [0.2, 0.25) is 0 Å². The van der Waals surface area contributed by atoms with Crippen LogP contribution in [-0.2, 0) is 4.74 Å². The van der Waals surface area contributed by atoms with Crippen molar-refractivity contribution in [1.82, 2.24) is 10.2 Å². The van der Waals surface area contributed by atoms with Gasteiger partial charge in [0.25, 0.3) is 0 Å². The van der Waals surface area contributed by atoms with Crippen molar-refractivity contribution in [3.63, 3.8) is 0 Å². The molecule has 1 heterocycles. The molecule has 0 spiro atoms. The maximum atomic E-state index is 11.0. The Morgan fingerprint density at radius 1 is 1.67 bits per heavy atom. The Morgan fingerprint density at radius 2 is 2.33 bits per heavy atom. The molecule has 1 aliphatic heterocycles. The summed E-state index contributed by atoms with van der Waals surface area (Å²) in [5.74, 6) is 0. The lowest BCUT2D eigenvalue weighted by Crippen LogP contribution is -2.41. The zero-order chi connectivity index (χ0) is 11.5. The molecule has 15 heavy (non-hydrogen) atoms. The molecule has 0 aliphatic carbocycles. The number of hydrogen-bond donors (Lipinski definition) is 2. The van der Waals surface area contributed by atoms with Gasteiger partial charge in [-0.25, -0.2) is 4.79 Å². The summed E-state index contributed by atoms with van der Waals surface area (Å²) in [6.45, 7) is 5.88. The van der Waals surface area contributed by atoms with Crippen LogP contribution in [0.5, 0.6) is 0 Å². The average molecular weight is 216 g/mol. The first-order chi connectivity index (χ1) is 6.90. The van der Waals surface area contributed by atoms with Crippen LogP contribution in [0.3, 0.4) is 0 Å². The van der Waals surface area contributed by atoms with E-state index in [1.54, 1.807) is 13.8 Å². The highest BCUT2D eigenvalue weighted by Gasteiger charge is 2.27. The molecule has 1 aliphatic rings. The molecule has 5 heteroatoms. The van der Waals surface area contributed by atoms with Gasteiger partial charge in [-0.2, -0.15) is 0 Å². The van der Waals surface area contributed by atoms with E-state index in [0.717, 1.165) is 19.5 Å². The van der Waals surface area contributed by atoms with Gasteiger partial charge in [-0.15, -0.1) is 0 Å². The predicted molar refractivity (Wildman–Crippen MR) is 56.7 cm³/mol. The maximum Gasteiger partial charge on any atom is 0.407 e. The third-order valence-corrected chi connectivity index (χ3v) is 2.39. The highest BCUT2D eigenvalue weighted by atomic mass is 16.5. The van der Waals surface area contributed by atoms with Gasteiger partial charge in [-0.05, 0) is 20.3 Å². The normalized spacial score (nSPS) is 22.8. The molecule has 0 radical (unpaired) electrons. The Balaban J connectivity index is 2.30. The molecule has 2 N–H and O–H groups in total. The summed E-state index contributed by atoms with van der Waals surface area (Å²) in [6, 6.07) is 0.139. The van der Waals surface area contributed by atoms with Gasteiger partial charge in [0.05, 0.1) is 12.7 Å². The number of alkyl carbamates (subject to hydrolysis) is 1. The molecule has 5 nitrogen and oxygen atoms in total. The Hall–Kier alpha value is -0.810. The third kappa shape index (κ3) is 4.48. The smallest absolute Gasteiger partial charge is 0.407 e. The topological polar surface area (TPSA) is 61.8 Å². The highest BCUT2D eigenvalue weighted by molar-refractivity contribution is 5.67. The van der Waals surface area contributed by atoms with Crippen molar-refractivity contribution in [3.8, 4) is 0 Å². The number of nitrogens with zero attached hydrogens (tertiary/aromatic N) is 1. The SMILES string of the molecule is COC(=O)NC1CCN(CC(C)(C)O)C1. The van der Waals surface area contributed by atoms with E-state index in [1.165, 1.54) is 7.11 Å². The zero-order valence-electron chi connectivity index (χ0n) is 9.62. The number of carbonyl (C=O) groups excluding carboxylic acids is 1. The fraction of sp³-hybridized carbons (Fsp3) is 0.900. The molecule has 0 aromatic heterocycles. The lowest BCUT2D eigenvalue weighted by molar-refractivity contribution is 0.0433. The standard InChI is InChI=1S/C10H20N2O3/c1-10(2,14)7-12-5-4-8(6-12)11-9(13)15-3/h8,14H,4-7H2,1-3H3,(H,11,13). The van der Waals surface area contributed by atoms with Crippen LogP contribution in [0.15, 0.2) is 0 Å². The van der Waals surface area contributed by atoms with Crippen molar-refractivity contribution in [3.05, 3.63) is 0 Å². The van der Waals surface area contributed by atoms with E-state index < -0.39 is 5.60 Å². The van der Waals surface area contributed by atoms with Crippen molar-refractivity contribution in [2.75, 3.05) is 26.7 Å². The molecule has 1 rings (SSSR count). The Morgan fingerprint density at radius 3 is 2.87 bits per heavy atom. The van der Waals surface area contributed by atoms with Crippen LogP contribution in [0.4, 0.5) is 4.79 Å². The predicted octanol–water partition coefficient (Wildman–Crippen LogP) is 0.188. The van der Waals surface area contributed by atoms with Crippen LogP contribution in [0, 0.1) is 0 Å². The largest absolute Gasteiger partial charge is 0.453 e. The van der Waals surface area contributed by atoms with Gasteiger partial charge < -0.3 is 15.2 Å². The Kier molecular flexibility index (Phi) is 3.93. The number of likely N-dealkylation sites (tertiary alicyclic amines) is 1. The molecule has 0 aromatic rings. The number of methoxy groups -OCH3 is 1. The van der Waals surface area contributed by atoms with Crippen molar-refractivity contribution in [2.45, 2.75) is 31.9 Å². The van der Waals surface area contributed by atoms with Gasteiger partial charge in [0.1, 0.15) is 0 Å². The summed E-state index contributed by atoms with van der Waals surface area (Å²) < 4.78 is 4.53. The summed E-state index contributed by atoms with van der Waals surface area (Å²) in [6.07, 6.45) is 0.524. The van der Waals surface area contributed by atoms with E-state index in [-0.39, 0.29) is 12.1 Å². The van der Waals surface area contributed by atoms with Gasteiger partial charge in [0.15, 0.2) is 0 Å². The summed E-state index contributed by atoms with van der Waals surface area (Å²) in [5.41, 5.74) is -0.680. The minimum atomic E-state index is -0.680. The molecule has 1 saturated heterocycles. The first-order valence-corrected chi connectivity index (χ1v) is 5.20. The minimum absolute atomic E-state index is 0.139. The molecular weight excluding hydrogens is 196 g/mol. The lowest BCUT2D eigenvalue weighted by atomic mass is 10.1. The van der Waals surface area contributed by atoms with Crippen molar-refractivity contribution in [1.29, 1.82) is 0 Å². The van der Waals surface area contributed by atoms with Crippen molar-refractivity contribution < 1.29 is 14.6 Å². The van der Waals surface area contributed by atoms with Crippen LogP contribution in [0.1, 0.15) is 20.3 Å². The first-order valence-electron chi connectivity index (χ1n) is 5.20. The second-order valence-corrected chi connectivity index (χ2v) is 4.67. The number of carbonyl (C=O) groups is 1. The van der Waals surface area contributed by atoms with Crippen molar-refractivity contribution in [2.24, 2.45) is 0 Å². The van der Waals surface area contributed by atoms with E-state index in [4.69, 9.17) is 0 Å². The molecule has 1 unspecified atom stereocenters. The summed E-state index contributed by atoms with van der Waals surface area (Å²) in [7, 11) is 1.36. The van der Waals surface area contributed by atoms with Crippen LogP contribution in [0.2, 0.25) is 0 Å². The summed E-state index contributed by atoms with van der Waals surface area (Å²) >= 11 is 0. The number of nitrogens with one attached hydrogen (secondary N) is 1. The monoisotopic (exact) mass is 216 g/mol. The van der Waals surface area contributed by atoms with Crippen LogP contribution in [-0.4, -0.2) is 54.5 Å². The fourth-order valence-electron chi connectivity index (χ4n) is 1.87. The molecular formula is C10H20N2O3. The minimum Gasteiger partial charge on any atom is -0.453 e.